The molecule has 0 N–H and O–H groups in total. The molecular formula is C15H14N2OS. The highest BCUT2D eigenvalue weighted by Crippen LogP contribution is 2.40. The monoisotopic (exact) mass is 270 g/mol. The van der Waals surface area contributed by atoms with E-state index in [1.54, 1.807) is 18.0 Å². The summed E-state index contributed by atoms with van der Waals surface area (Å²) in [5.74, 6) is 0.652. The van der Waals surface area contributed by atoms with Crippen LogP contribution in [0.5, 0.6) is 0 Å². The molecule has 0 spiro atoms. The minimum atomic E-state index is -0.0172. The first kappa shape index (κ1) is 12.2. The summed E-state index contributed by atoms with van der Waals surface area (Å²) in [6.07, 6.45) is 1.77. The molecule has 96 valence electrons. The maximum absolute atomic E-state index is 12.1. The van der Waals surface area contributed by atoms with Gasteiger partial charge in [0.2, 0.25) is 5.91 Å². The van der Waals surface area contributed by atoms with Crippen molar-refractivity contribution in [3.8, 4) is 0 Å². The molecule has 1 aromatic heterocycles. The van der Waals surface area contributed by atoms with Crippen LogP contribution < -0.4 is 4.90 Å². The molecule has 0 saturated carbocycles. The molecule has 19 heavy (non-hydrogen) atoms. The molecule has 3 rings (SSSR count). The highest BCUT2D eigenvalue weighted by Gasteiger charge is 2.34. The molecule has 1 amide bonds. The standard InChI is InChI=1S/C15H14N2OS/c1-11-5-7-12(8-6-11)17-14(18)10-19-15(17)13-4-2-3-9-16-13/h2-9,15H,10H2,1H3. The molecule has 0 radical (unpaired) electrons. The number of pyridine rings is 1. The zero-order valence-corrected chi connectivity index (χ0v) is 11.4. The van der Waals surface area contributed by atoms with Crippen molar-refractivity contribution in [1.82, 2.24) is 4.98 Å². The van der Waals surface area contributed by atoms with Gasteiger partial charge < -0.3 is 0 Å². The minimum Gasteiger partial charge on any atom is -0.293 e. The molecule has 1 fully saturated rings. The van der Waals surface area contributed by atoms with Crippen molar-refractivity contribution in [2.45, 2.75) is 12.3 Å². The number of aryl methyl sites for hydroxylation is 1. The van der Waals surface area contributed by atoms with Gasteiger partial charge in [-0.2, -0.15) is 0 Å². The first-order valence-electron chi connectivity index (χ1n) is 6.17. The van der Waals surface area contributed by atoms with E-state index in [1.807, 2.05) is 54.3 Å². The summed E-state index contributed by atoms with van der Waals surface area (Å²) in [5, 5.41) is -0.0172. The number of carbonyl (C=O) groups is 1. The minimum absolute atomic E-state index is 0.0172. The number of aromatic nitrogens is 1. The molecule has 1 unspecified atom stereocenters. The van der Waals surface area contributed by atoms with Crippen LogP contribution in [-0.2, 0) is 4.79 Å². The molecule has 0 aliphatic carbocycles. The van der Waals surface area contributed by atoms with Crippen molar-refractivity contribution >= 4 is 23.4 Å². The molecule has 2 heterocycles. The number of hydrogen-bond donors (Lipinski definition) is 0. The van der Waals surface area contributed by atoms with Crippen LogP contribution in [0.2, 0.25) is 0 Å². The van der Waals surface area contributed by atoms with E-state index in [-0.39, 0.29) is 11.3 Å². The van der Waals surface area contributed by atoms with Crippen molar-refractivity contribution in [2.24, 2.45) is 0 Å². The highest BCUT2D eigenvalue weighted by atomic mass is 32.2. The Morgan fingerprint density at radius 2 is 2.00 bits per heavy atom. The largest absolute Gasteiger partial charge is 0.293 e. The lowest BCUT2D eigenvalue weighted by Crippen LogP contribution is -2.28. The number of amides is 1. The summed E-state index contributed by atoms with van der Waals surface area (Å²) in [4.78, 5) is 18.3. The van der Waals surface area contributed by atoms with Gasteiger partial charge in [-0.05, 0) is 31.2 Å². The maximum Gasteiger partial charge on any atom is 0.238 e. The number of nitrogens with zero attached hydrogens (tertiary/aromatic N) is 2. The molecule has 4 heteroatoms. The van der Waals surface area contributed by atoms with Gasteiger partial charge in [-0.3, -0.25) is 14.7 Å². The number of hydrogen-bond acceptors (Lipinski definition) is 3. The third kappa shape index (κ3) is 2.36. The Morgan fingerprint density at radius 3 is 2.68 bits per heavy atom. The highest BCUT2D eigenvalue weighted by molar-refractivity contribution is 8.00. The summed E-state index contributed by atoms with van der Waals surface area (Å²) in [6, 6.07) is 13.9. The quantitative estimate of drug-likeness (QED) is 0.840. The average molecular weight is 270 g/mol. The van der Waals surface area contributed by atoms with Gasteiger partial charge in [-0.25, -0.2) is 0 Å². The Balaban J connectivity index is 1.97. The summed E-state index contributed by atoms with van der Waals surface area (Å²) in [7, 11) is 0. The first-order chi connectivity index (χ1) is 9.25. The van der Waals surface area contributed by atoms with Gasteiger partial charge in [-0.1, -0.05) is 23.8 Å². The smallest absolute Gasteiger partial charge is 0.238 e. The Kier molecular flexibility index (Phi) is 3.25. The van der Waals surface area contributed by atoms with Crippen LogP contribution in [0.4, 0.5) is 5.69 Å². The first-order valence-corrected chi connectivity index (χ1v) is 7.22. The molecule has 1 atom stereocenters. The van der Waals surface area contributed by atoms with Crippen LogP contribution in [-0.4, -0.2) is 16.6 Å². The van der Waals surface area contributed by atoms with Crippen LogP contribution in [0.15, 0.2) is 48.7 Å². The summed E-state index contributed by atoms with van der Waals surface area (Å²) in [5.41, 5.74) is 3.06. The maximum atomic E-state index is 12.1. The van der Waals surface area contributed by atoms with E-state index in [9.17, 15) is 4.79 Å². The fourth-order valence-electron chi connectivity index (χ4n) is 2.15. The van der Waals surface area contributed by atoms with Crippen LogP contribution in [0.1, 0.15) is 16.6 Å². The third-order valence-corrected chi connectivity index (χ3v) is 4.30. The van der Waals surface area contributed by atoms with E-state index in [4.69, 9.17) is 0 Å². The lowest BCUT2D eigenvalue weighted by Gasteiger charge is -2.23. The predicted molar refractivity (Wildman–Crippen MR) is 78.1 cm³/mol. The summed E-state index contributed by atoms with van der Waals surface area (Å²) >= 11 is 1.62. The van der Waals surface area contributed by atoms with E-state index < -0.39 is 0 Å². The van der Waals surface area contributed by atoms with Crippen molar-refractivity contribution in [3.05, 3.63) is 59.9 Å². The number of benzene rings is 1. The second kappa shape index (κ2) is 5.05. The van der Waals surface area contributed by atoms with E-state index in [0.29, 0.717) is 5.75 Å². The molecule has 1 aliphatic heterocycles. The predicted octanol–water partition coefficient (Wildman–Crippen LogP) is 3.17. The average Bonchev–Trinajstić information content (AvgIpc) is 2.83. The molecule has 3 nitrogen and oxygen atoms in total. The van der Waals surface area contributed by atoms with Crippen molar-refractivity contribution in [3.63, 3.8) is 0 Å². The van der Waals surface area contributed by atoms with E-state index in [0.717, 1.165) is 11.4 Å². The second-order valence-electron chi connectivity index (χ2n) is 4.52. The van der Waals surface area contributed by atoms with Gasteiger partial charge in [0.05, 0.1) is 11.4 Å². The van der Waals surface area contributed by atoms with Crippen LogP contribution in [0.25, 0.3) is 0 Å². The van der Waals surface area contributed by atoms with Crippen LogP contribution in [0.3, 0.4) is 0 Å². The normalized spacial score (nSPS) is 18.9. The van der Waals surface area contributed by atoms with Gasteiger partial charge in [0.25, 0.3) is 0 Å². The Labute approximate surface area is 116 Å². The van der Waals surface area contributed by atoms with E-state index >= 15 is 0 Å². The van der Waals surface area contributed by atoms with Gasteiger partial charge in [0, 0.05) is 11.9 Å². The molecule has 1 aromatic carbocycles. The Hall–Kier alpha value is -1.81. The van der Waals surface area contributed by atoms with Gasteiger partial charge in [0.1, 0.15) is 5.37 Å². The molecule has 0 bridgehead atoms. The van der Waals surface area contributed by atoms with E-state index in [2.05, 4.69) is 4.98 Å². The number of anilines is 1. The van der Waals surface area contributed by atoms with Crippen LogP contribution in [0, 0.1) is 6.92 Å². The number of rotatable bonds is 2. The Morgan fingerprint density at radius 1 is 1.21 bits per heavy atom. The topological polar surface area (TPSA) is 33.2 Å². The molecule has 2 aromatic rings. The van der Waals surface area contributed by atoms with Gasteiger partial charge in [-0.15, -0.1) is 11.8 Å². The van der Waals surface area contributed by atoms with Crippen molar-refractivity contribution < 1.29 is 4.79 Å². The zero-order valence-electron chi connectivity index (χ0n) is 10.6. The fraction of sp³-hybridized carbons (Fsp3) is 0.200. The number of thioether (sulfide) groups is 1. The molecular weight excluding hydrogens is 256 g/mol. The van der Waals surface area contributed by atoms with Crippen molar-refractivity contribution in [1.29, 1.82) is 0 Å². The number of carbonyl (C=O) groups excluding carboxylic acids is 1. The fourth-order valence-corrected chi connectivity index (χ4v) is 3.29. The second-order valence-corrected chi connectivity index (χ2v) is 5.59. The SMILES string of the molecule is Cc1ccc(N2C(=O)CSC2c2ccccn2)cc1. The Bertz CT molecular complexity index is 583. The summed E-state index contributed by atoms with van der Waals surface area (Å²) in [6.45, 7) is 2.04. The van der Waals surface area contributed by atoms with Gasteiger partial charge in [0.15, 0.2) is 0 Å². The van der Waals surface area contributed by atoms with Gasteiger partial charge >= 0.3 is 0 Å². The zero-order chi connectivity index (χ0) is 13.2. The molecule has 1 saturated heterocycles. The summed E-state index contributed by atoms with van der Waals surface area (Å²) < 4.78 is 0. The third-order valence-electron chi connectivity index (χ3n) is 3.12. The lowest BCUT2D eigenvalue weighted by molar-refractivity contribution is -0.115. The van der Waals surface area contributed by atoms with Crippen molar-refractivity contribution in [2.75, 3.05) is 10.7 Å². The van der Waals surface area contributed by atoms with E-state index in [1.165, 1.54) is 5.56 Å². The lowest BCUT2D eigenvalue weighted by atomic mass is 10.2. The van der Waals surface area contributed by atoms with Crippen LogP contribution >= 0.6 is 11.8 Å². The molecule has 1 aliphatic rings.